The number of nitriles is 1. The summed E-state index contributed by atoms with van der Waals surface area (Å²) in [6.45, 7) is 8.43. The molecule has 3 aromatic carbocycles. The van der Waals surface area contributed by atoms with E-state index in [1.165, 1.54) is 0 Å². The number of nitrogens with one attached hydrogen (secondary N) is 2. The Hall–Kier alpha value is -4.41. The molecule has 274 valence electrons. The van der Waals surface area contributed by atoms with Crippen LogP contribution in [-0.4, -0.2) is 83.3 Å². The number of esters is 1. The number of carbonyl (C=O) groups is 1. The fourth-order valence-electron chi connectivity index (χ4n) is 10.8. The van der Waals surface area contributed by atoms with Crippen molar-refractivity contribution in [1.29, 1.82) is 5.26 Å². The van der Waals surface area contributed by atoms with Crippen molar-refractivity contribution >= 4 is 28.6 Å². The monoisotopic (exact) mass is 733 g/mol. The number of hydrogen-bond donors (Lipinski definition) is 3. The molecule has 11 rings (SSSR count). The van der Waals surface area contributed by atoms with Gasteiger partial charge in [-0.1, -0.05) is 24.3 Å². The molecule has 7 aliphatic rings. The van der Waals surface area contributed by atoms with Gasteiger partial charge in [0.25, 0.3) is 0 Å². The molecule has 8 heterocycles. The number of aromatic nitrogens is 1. The van der Waals surface area contributed by atoms with Crippen LogP contribution in [0.2, 0.25) is 0 Å². The van der Waals surface area contributed by atoms with Crippen LogP contribution in [0.4, 0.5) is 0 Å². The molecule has 2 fully saturated rings. The highest BCUT2D eigenvalue weighted by Crippen LogP contribution is 2.63. The lowest BCUT2D eigenvalue weighted by atomic mass is 9.71. The van der Waals surface area contributed by atoms with Crippen LogP contribution >= 0.6 is 11.8 Å². The zero-order valence-electron chi connectivity index (χ0n) is 30.7. The molecule has 8 atom stereocenters. The van der Waals surface area contributed by atoms with Crippen LogP contribution < -0.4 is 19.5 Å². The van der Waals surface area contributed by atoms with Crippen LogP contribution in [0.25, 0.3) is 10.9 Å². The fourth-order valence-corrected chi connectivity index (χ4v) is 12.6. The highest BCUT2D eigenvalue weighted by Gasteiger charge is 2.61. The number of rotatable bonds is 1. The third kappa shape index (κ3) is 4.25. The maximum Gasteiger partial charge on any atom is 0.333 e. The first-order valence-corrected chi connectivity index (χ1v) is 19.5. The predicted molar refractivity (Wildman–Crippen MR) is 200 cm³/mol. The van der Waals surface area contributed by atoms with E-state index in [4.69, 9.17) is 18.9 Å². The average molecular weight is 734 g/mol. The smallest absolute Gasteiger partial charge is 0.333 e. The second-order valence-electron chi connectivity index (χ2n) is 15.7. The van der Waals surface area contributed by atoms with Gasteiger partial charge >= 0.3 is 5.97 Å². The Balaban J connectivity index is 1.24. The highest BCUT2D eigenvalue weighted by atomic mass is 32.2. The van der Waals surface area contributed by atoms with Gasteiger partial charge in [-0.05, 0) is 87.0 Å². The number of likely N-dealkylation sites (N-methyl/N-ethyl adjacent to an activating group) is 1. The van der Waals surface area contributed by atoms with Gasteiger partial charge in [-0.15, -0.1) is 11.8 Å². The van der Waals surface area contributed by atoms with Crippen molar-refractivity contribution in [2.24, 2.45) is 0 Å². The molecule has 0 unspecified atom stereocenters. The molecule has 4 bridgehead atoms. The number of aromatic amines is 1. The molecule has 1 spiro atoms. The van der Waals surface area contributed by atoms with Crippen LogP contribution in [-0.2, 0) is 27.9 Å². The number of nitrogens with zero attached hydrogens (tertiary/aromatic N) is 3. The van der Waals surface area contributed by atoms with Crippen LogP contribution in [0.15, 0.2) is 30.3 Å². The molecule has 53 heavy (non-hydrogen) atoms. The lowest BCUT2D eigenvalue weighted by Gasteiger charge is -2.62. The number of fused-ring (bicyclic) bond motifs is 11. The molecule has 0 radical (unpaired) electrons. The molecule has 0 amide bonds. The summed E-state index contributed by atoms with van der Waals surface area (Å²) in [6, 6.07) is 11.3. The second kappa shape index (κ2) is 11.5. The van der Waals surface area contributed by atoms with E-state index in [0.29, 0.717) is 29.4 Å². The Bertz CT molecular complexity index is 2300. The molecule has 11 nitrogen and oxygen atoms in total. The van der Waals surface area contributed by atoms with E-state index >= 15 is 0 Å². The molecular formula is C41H43N5O6S. The summed E-state index contributed by atoms with van der Waals surface area (Å²) in [6.07, 6.45) is 1.36. The molecular weight excluding hydrogens is 691 g/mol. The maximum atomic E-state index is 14.9. The number of ether oxygens (including phenoxy) is 4. The molecule has 1 aromatic heterocycles. The van der Waals surface area contributed by atoms with Gasteiger partial charge in [-0.2, -0.15) is 5.26 Å². The van der Waals surface area contributed by atoms with E-state index < -0.39 is 17.6 Å². The minimum atomic E-state index is -1.15. The van der Waals surface area contributed by atoms with Gasteiger partial charge in [0.2, 0.25) is 6.79 Å². The van der Waals surface area contributed by atoms with Gasteiger partial charge in [0, 0.05) is 51.2 Å². The number of phenols is 1. The summed E-state index contributed by atoms with van der Waals surface area (Å²) in [4.78, 5) is 23.2. The van der Waals surface area contributed by atoms with Crippen LogP contribution in [0, 0.1) is 32.1 Å². The SMILES string of the molecule is COc1c(C)cc2c(c1O)[C@H]1[C@@H]3[C@@H]4SC[C@]5(N[C@H](C)Cc6c5[nH]c5ccccc65)C(=O)OC[C@@H](c5c6c(c(C)c(C)c54)OCO6)N3[C@@H](C#N)[C@@H](C2)N1C. The average Bonchev–Trinajstić information content (AvgIpc) is 3.78. The topological polar surface area (TPSA) is 132 Å². The number of para-hydroxylation sites is 1. The Morgan fingerprint density at radius 1 is 1.08 bits per heavy atom. The highest BCUT2D eigenvalue weighted by molar-refractivity contribution is 7.99. The summed E-state index contributed by atoms with van der Waals surface area (Å²) in [5.41, 5.74) is 8.77. The Kier molecular flexibility index (Phi) is 7.23. The fraction of sp³-hybridized carbons (Fsp3) is 0.463. The van der Waals surface area contributed by atoms with Gasteiger partial charge < -0.3 is 29.0 Å². The van der Waals surface area contributed by atoms with E-state index in [2.05, 4.69) is 72.2 Å². The Morgan fingerprint density at radius 3 is 2.66 bits per heavy atom. The molecule has 4 aromatic rings. The summed E-state index contributed by atoms with van der Waals surface area (Å²) >= 11 is 1.72. The van der Waals surface area contributed by atoms with Gasteiger partial charge in [0.15, 0.2) is 28.5 Å². The number of benzene rings is 3. The summed E-state index contributed by atoms with van der Waals surface area (Å²) < 4.78 is 24.8. The van der Waals surface area contributed by atoms with E-state index in [0.717, 1.165) is 67.5 Å². The molecule has 3 N–H and O–H groups in total. The Morgan fingerprint density at radius 2 is 1.87 bits per heavy atom. The van der Waals surface area contributed by atoms with Crippen molar-refractivity contribution in [2.45, 2.75) is 87.6 Å². The third-order valence-electron chi connectivity index (χ3n) is 13.1. The number of hydrogen-bond acceptors (Lipinski definition) is 11. The van der Waals surface area contributed by atoms with E-state index in [1.54, 1.807) is 18.9 Å². The first kappa shape index (κ1) is 33.2. The predicted octanol–water partition coefficient (Wildman–Crippen LogP) is 5.53. The van der Waals surface area contributed by atoms with Crippen molar-refractivity contribution in [1.82, 2.24) is 20.1 Å². The number of H-pyrrole nitrogens is 1. The summed E-state index contributed by atoms with van der Waals surface area (Å²) in [5.74, 6) is 2.04. The van der Waals surface area contributed by atoms with Crippen molar-refractivity contribution in [3.8, 4) is 29.1 Å². The van der Waals surface area contributed by atoms with Crippen molar-refractivity contribution in [2.75, 3.05) is 33.3 Å². The van der Waals surface area contributed by atoms with Crippen molar-refractivity contribution in [3.63, 3.8) is 0 Å². The van der Waals surface area contributed by atoms with Gasteiger partial charge in [-0.25, -0.2) is 4.79 Å². The molecule has 2 saturated heterocycles. The van der Waals surface area contributed by atoms with E-state index in [1.807, 2.05) is 19.1 Å². The normalized spacial score (nSPS) is 31.3. The van der Waals surface area contributed by atoms with Gasteiger partial charge in [0.1, 0.15) is 12.6 Å². The second-order valence-corrected chi connectivity index (χ2v) is 16.8. The quantitative estimate of drug-likeness (QED) is 0.214. The molecule has 0 saturated carbocycles. The van der Waals surface area contributed by atoms with Crippen molar-refractivity contribution < 1.29 is 28.8 Å². The van der Waals surface area contributed by atoms with E-state index in [-0.39, 0.29) is 54.5 Å². The number of phenolic OH excluding ortho intramolecular Hbond substituents is 1. The van der Waals surface area contributed by atoms with Gasteiger partial charge in [-0.3, -0.25) is 15.1 Å². The molecule has 0 aliphatic carbocycles. The molecule has 7 aliphatic heterocycles. The maximum absolute atomic E-state index is 14.9. The van der Waals surface area contributed by atoms with Crippen LogP contribution in [0.3, 0.4) is 0 Å². The largest absolute Gasteiger partial charge is 0.504 e. The number of piperazine rings is 1. The number of methoxy groups -OCH3 is 1. The zero-order valence-corrected chi connectivity index (χ0v) is 31.5. The number of aromatic hydroxyl groups is 1. The lowest BCUT2D eigenvalue weighted by Crippen LogP contribution is -2.69. The third-order valence-corrected chi connectivity index (χ3v) is 14.6. The van der Waals surface area contributed by atoms with E-state index in [9.17, 15) is 15.2 Å². The minimum absolute atomic E-state index is 0.0129. The zero-order chi connectivity index (χ0) is 36.7. The molecule has 12 heteroatoms. The van der Waals surface area contributed by atoms with Crippen molar-refractivity contribution in [3.05, 3.63) is 80.5 Å². The van der Waals surface area contributed by atoms with Crippen LogP contribution in [0.1, 0.15) is 74.5 Å². The lowest BCUT2D eigenvalue weighted by molar-refractivity contribution is -0.158. The first-order valence-electron chi connectivity index (χ1n) is 18.5. The van der Waals surface area contributed by atoms with Gasteiger partial charge in [0.05, 0.1) is 31.0 Å². The Labute approximate surface area is 312 Å². The van der Waals surface area contributed by atoms with Crippen LogP contribution in [0.5, 0.6) is 23.0 Å². The standard InChI is InChI=1S/C41H43N5O6S/c1-18-11-22-13-26-27(14-42)46-28-15-50-40(48)41(39-24(12-19(2)44-41)23-9-7-8-10-25(23)43-39)16-53-38(29-20(3)21(4)36-37(31(28)29)52-17-51-36)33(46)32(45(26)5)30(22)34(47)35(18)49-6/h7-11,19,26-28,32-33,38,43-44,47H,12-13,15-17H2,1-6H3/t19-,26-,27+,28+,32+,33-,38-,41-/m1/s1. The number of carbonyl (C=O) groups excluding carboxylic acids is 1. The number of thioether (sulfide) groups is 1. The number of aryl methyl sites for hydroxylation is 1. The first-order chi connectivity index (χ1) is 25.6. The minimum Gasteiger partial charge on any atom is -0.504 e. The summed E-state index contributed by atoms with van der Waals surface area (Å²) in [7, 11) is 3.68. The summed E-state index contributed by atoms with van der Waals surface area (Å²) in [5, 5.41) is 27.8.